The van der Waals surface area contributed by atoms with Gasteiger partial charge in [0, 0.05) is 29.4 Å². The molecule has 0 radical (unpaired) electrons. The predicted molar refractivity (Wildman–Crippen MR) is 104 cm³/mol. The summed E-state index contributed by atoms with van der Waals surface area (Å²) in [6, 6.07) is 0.191. The largest absolute Gasteiger partial charge is 0.497 e. The van der Waals surface area contributed by atoms with Crippen molar-refractivity contribution in [2.24, 2.45) is 10.9 Å². The number of rotatable bonds is 7. The van der Waals surface area contributed by atoms with Gasteiger partial charge in [-0.25, -0.2) is 0 Å². The maximum atomic E-state index is 5.45. The normalized spacial score (nSPS) is 25.1. The van der Waals surface area contributed by atoms with Crippen molar-refractivity contribution >= 4 is 18.1 Å². The predicted octanol–water partition coefficient (Wildman–Crippen LogP) is 4.95. The van der Waals surface area contributed by atoms with E-state index in [1.54, 1.807) is 7.11 Å². The van der Waals surface area contributed by atoms with Gasteiger partial charge in [-0.15, -0.1) is 12.4 Å². The zero-order chi connectivity index (χ0) is 16.1. The van der Waals surface area contributed by atoms with Crippen molar-refractivity contribution in [2.45, 2.75) is 64.3 Å². The Hall–Kier alpha value is -1.22. The Balaban J connectivity index is 0.00000208. The van der Waals surface area contributed by atoms with E-state index in [1.165, 1.54) is 68.3 Å². The monoisotopic (exact) mass is 350 g/mol. The lowest BCUT2D eigenvalue weighted by atomic mass is 9.79. The van der Waals surface area contributed by atoms with E-state index in [0.717, 1.165) is 12.3 Å². The highest BCUT2D eigenvalue weighted by Gasteiger charge is 2.33. The van der Waals surface area contributed by atoms with Crippen LogP contribution in [0.1, 0.15) is 58.3 Å². The van der Waals surface area contributed by atoms with Crippen molar-refractivity contribution in [3.8, 4) is 0 Å². The molecule has 2 unspecified atom stereocenters. The van der Waals surface area contributed by atoms with E-state index in [2.05, 4.69) is 30.5 Å². The molecule has 3 rings (SSSR count). The molecule has 1 saturated carbocycles. The van der Waals surface area contributed by atoms with E-state index in [-0.39, 0.29) is 18.4 Å². The lowest BCUT2D eigenvalue weighted by Gasteiger charge is -2.35. The molecule has 2 aliphatic carbocycles. The standard InChI is InChI=1S/C20H30N2O.ClH/c1-3-4-5-8-13-21-20-16-9-6-7-10-18(16)22-19-12-11-15(23-2)14-17(19)20;/h11-12,14,16,19,21H,3-10,13H2,1-2H3;1H. The molecule has 134 valence electrons. The SMILES string of the molecule is CCCCCCNC1=C2C=C(OC)C=CC2N=C2CCCCC21.Cl. The Kier molecular flexibility index (Phi) is 7.41. The van der Waals surface area contributed by atoms with Crippen LogP contribution in [0, 0.1) is 5.92 Å². The zero-order valence-corrected chi connectivity index (χ0v) is 15.8. The molecule has 0 amide bonds. The third kappa shape index (κ3) is 4.24. The van der Waals surface area contributed by atoms with Gasteiger partial charge in [0.25, 0.3) is 0 Å². The van der Waals surface area contributed by atoms with Crippen molar-refractivity contribution in [3.63, 3.8) is 0 Å². The topological polar surface area (TPSA) is 33.6 Å². The second kappa shape index (κ2) is 9.31. The summed E-state index contributed by atoms with van der Waals surface area (Å²) in [4.78, 5) is 5.03. The van der Waals surface area contributed by atoms with Gasteiger partial charge in [-0.3, -0.25) is 4.99 Å². The Morgan fingerprint density at radius 2 is 2.12 bits per heavy atom. The average molecular weight is 351 g/mol. The van der Waals surface area contributed by atoms with E-state index in [4.69, 9.17) is 9.73 Å². The van der Waals surface area contributed by atoms with Crippen LogP contribution in [0.25, 0.3) is 0 Å². The Morgan fingerprint density at radius 3 is 2.92 bits per heavy atom. The molecule has 3 aliphatic rings. The van der Waals surface area contributed by atoms with Crippen LogP contribution in [0.4, 0.5) is 0 Å². The third-order valence-corrected chi connectivity index (χ3v) is 5.18. The number of nitrogens with zero attached hydrogens (tertiary/aromatic N) is 1. The molecular weight excluding hydrogens is 320 g/mol. The van der Waals surface area contributed by atoms with Crippen LogP contribution in [0.2, 0.25) is 0 Å². The quantitative estimate of drug-likeness (QED) is 0.659. The summed E-state index contributed by atoms with van der Waals surface area (Å²) in [5.41, 5.74) is 4.17. The maximum absolute atomic E-state index is 5.45. The highest BCUT2D eigenvalue weighted by atomic mass is 35.5. The summed E-state index contributed by atoms with van der Waals surface area (Å²) in [7, 11) is 1.74. The lowest BCUT2D eigenvalue weighted by molar-refractivity contribution is 0.305. The van der Waals surface area contributed by atoms with Gasteiger partial charge in [-0.2, -0.15) is 0 Å². The summed E-state index contributed by atoms with van der Waals surface area (Å²) < 4.78 is 5.45. The molecule has 0 spiro atoms. The van der Waals surface area contributed by atoms with E-state index in [1.807, 2.05) is 0 Å². The Labute approximate surface area is 152 Å². The molecule has 3 nitrogen and oxygen atoms in total. The first-order chi connectivity index (χ1) is 11.3. The molecule has 0 aromatic rings. The van der Waals surface area contributed by atoms with Crippen molar-refractivity contribution in [2.75, 3.05) is 13.7 Å². The van der Waals surface area contributed by atoms with Crippen LogP contribution >= 0.6 is 12.4 Å². The fraction of sp³-hybridized carbons (Fsp3) is 0.650. The molecule has 0 bridgehead atoms. The fourth-order valence-corrected chi connectivity index (χ4v) is 3.89. The van der Waals surface area contributed by atoms with Crippen LogP contribution < -0.4 is 5.32 Å². The minimum absolute atomic E-state index is 0. The van der Waals surface area contributed by atoms with Crippen molar-refractivity contribution in [3.05, 3.63) is 35.3 Å². The molecule has 24 heavy (non-hydrogen) atoms. The Morgan fingerprint density at radius 1 is 1.25 bits per heavy atom. The number of aliphatic imine (C=N–C) groups is 1. The number of allylic oxidation sites excluding steroid dienone is 2. The van der Waals surface area contributed by atoms with Crippen molar-refractivity contribution in [1.29, 1.82) is 0 Å². The fourth-order valence-electron chi connectivity index (χ4n) is 3.89. The van der Waals surface area contributed by atoms with Gasteiger partial charge in [0.1, 0.15) is 5.76 Å². The molecule has 1 fully saturated rings. The van der Waals surface area contributed by atoms with Gasteiger partial charge in [-0.1, -0.05) is 38.7 Å². The molecule has 1 heterocycles. The third-order valence-electron chi connectivity index (χ3n) is 5.18. The number of halogens is 1. The van der Waals surface area contributed by atoms with Gasteiger partial charge in [0.05, 0.1) is 13.2 Å². The lowest BCUT2D eigenvalue weighted by Crippen LogP contribution is -2.36. The van der Waals surface area contributed by atoms with Gasteiger partial charge >= 0.3 is 0 Å². The number of unbranched alkanes of at least 4 members (excludes halogenated alkanes) is 3. The first-order valence-electron chi connectivity index (χ1n) is 9.32. The second-order valence-corrected chi connectivity index (χ2v) is 6.83. The number of methoxy groups -OCH3 is 1. The zero-order valence-electron chi connectivity index (χ0n) is 15.0. The number of fused-ring (bicyclic) bond motifs is 2. The number of ether oxygens (including phenoxy) is 1. The second-order valence-electron chi connectivity index (χ2n) is 6.83. The van der Waals surface area contributed by atoms with Crippen molar-refractivity contribution < 1.29 is 4.74 Å². The number of dihydropyridines is 1. The smallest absolute Gasteiger partial charge is 0.119 e. The van der Waals surface area contributed by atoms with Crippen LogP contribution in [-0.2, 0) is 4.74 Å². The van der Waals surface area contributed by atoms with Gasteiger partial charge in [-0.05, 0) is 37.8 Å². The molecule has 1 aliphatic heterocycles. The molecule has 0 aromatic heterocycles. The van der Waals surface area contributed by atoms with Crippen LogP contribution in [0.15, 0.2) is 40.2 Å². The van der Waals surface area contributed by atoms with E-state index >= 15 is 0 Å². The average Bonchev–Trinajstić information content (AvgIpc) is 2.60. The molecule has 1 N–H and O–H groups in total. The highest BCUT2D eigenvalue weighted by molar-refractivity contribution is 5.91. The van der Waals surface area contributed by atoms with E-state index < -0.39 is 0 Å². The molecule has 0 aromatic carbocycles. The summed E-state index contributed by atoms with van der Waals surface area (Å²) in [5.74, 6) is 1.46. The summed E-state index contributed by atoms with van der Waals surface area (Å²) in [6.45, 7) is 3.34. The summed E-state index contributed by atoms with van der Waals surface area (Å²) >= 11 is 0. The summed E-state index contributed by atoms with van der Waals surface area (Å²) in [5, 5.41) is 3.79. The highest BCUT2D eigenvalue weighted by Crippen LogP contribution is 2.36. The van der Waals surface area contributed by atoms with Crippen LogP contribution in [0.5, 0.6) is 0 Å². The number of hydrogen-bond acceptors (Lipinski definition) is 3. The van der Waals surface area contributed by atoms with E-state index in [0.29, 0.717) is 5.92 Å². The van der Waals surface area contributed by atoms with E-state index in [9.17, 15) is 0 Å². The first-order valence-corrected chi connectivity index (χ1v) is 9.32. The van der Waals surface area contributed by atoms with Gasteiger partial charge in [0.15, 0.2) is 0 Å². The maximum Gasteiger partial charge on any atom is 0.119 e. The number of hydrogen-bond donors (Lipinski definition) is 1. The molecular formula is C20H31ClN2O. The van der Waals surface area contributed by atoms with Crippen LogP contribution in [-0.4, -0.2) is 25.4 Å². The molecule has 4 heteroatoms. The van der Waals surface area contributed by atoms with Crippen LogP contribution in [0.3, 0.4) is 0 Å². The van der Waals surface area contributed by atoms with Gasteiger partial charge < -0.3 is 10.1 Å². The van der Waals surface area contributed by atoms with Crippen molar-refractivity contribution in [1.82, 2.24) is 5.32 Å². The Bertz CT molecular complexity index is 548. The first kappa shape index (κ1) is 19.1. The minimum atomic E-state index is 0. The van der Waals surface area contributed by atoms with Gasteiger partial charge in [0.2, 0.25) is 0 Å². The number of nitrogens with one attached hydrogen (secondary N) is 1. The minimum Gasteiger partial charge on any atom is -0.497 e. The summed E-state index contributed by atoms with van der Waals surface area (Å²) in [6.07, 6.45) is 16.7. The molecule has 2 atom stereocenters. The molecule has 0 saturated heterocycles.